The number of carbonyl (C=O) groups is 2. The Hall–Kier alpha value is -3.05. The van der Waals surface area contributed by atoms with E-state index in [2.05, 4.69) is 10.3 Å². The second-order valence-corrected chi connectivity index (χ2v) is 7.62. The average molecular weight is 414 g/mol. The van der Waals surface area contributed by atoms with Gasteiger partial charge in [0.1, 0.15) is 10.7 Å². The van der Waals surface area contributed by atoms with Crippen LogP contribution in [0.15, 0.2) is 41.4 Å². The van der Waals surface area contributed by atoms with Gasteiger partial charge >= 0.3 is 5.97 Å². The van der Waals surface area contributed by atoms with E-state index in [9.17, 15) is 28.1 Å². The molecule has 1 aromatic heterocycles. The van der Waals surface area contributed by atoms with Gasteiger partial charge in [-0.25, -0.2) is 18.2 Å². The molecule has 0 atom stereocenters. The first-order valence-electron chi connectivity index (χ1n) is 7.15. The summed E-state index contributed by atoms with van der Waals surface area (Å²) in [5.41, 5.74) is -1.03. The van der Waals surface area contributed by atoms with Crippen molar-refractivity contribution in [3.8, 4) is 0 Å². The minimum atomic E-state index is -3.86. The molecule has 27 heavy (non-hydrogen) atoms. The third-order valence-corrected chi connectivity index (χ3v) is 4.49. The summed E-state index contributed by atoms with van der Waals surface area (Å²) in [5, 5.41) is 13.8. The number of pyridine rings is 1. The van der Waals surface area contributed by atoms with Crippen LogP contribution < -0.4 is 5.32 Å². The van der Waals surface area contributed by atoms with Crippen LogP contribution in [-0.2, 0) is 19.4 Å². The molecule has 1 heterocycles. The first kappa shape index (κ1) is 20.3. The lowest BCUT2D eigenvalue weighted by Crippen LogP contribution is -2.21. The topological polar surface area (TPSA) is 146 Å². The van der Waals surface area contributed by atoms with Gasteiger partial charge in [0.2, 0.25) is 0 Å². The van der Waals surface area contributed by atoms with Crippen LogP contribution in [0.1, 0.15) is 10.4 Å². The molecule has 0 radical (unpaired) electrons. The highest BCUT2D eigenvalue weighted by Crippen LogP contribution is 2.25. The fourth-order valence-electron chi connectivity index (χ4n) is 1.94. The number of sulfone groups is 1. The molecule has 12 heteroatoms. The number of nitro benzene ring substituents is 1. The molecule has 0 saturated carbocycles. The standard InChI is InChI=1S/C15H12ClN3O7S/c1-27(24,25)12-4-2-9(6-11(12)19(22)23)15(21)26-8-14(20)18-13-5-3-10(16)7-17-13/h2-7H,8H2,1H3,(H,17,18,20). The van der Waals surface area contributed by atoms with Gasteiger partial charge in [0, 0.05) is 18.5 Å². The molecule has 1 aromatic carbocycles. The number of hydrogen-bond acceptors (Lipinski definition) is 8. The average Bonchev–Trinajstić information content (AvgIpc) is 2.60. The number of nitrogens with zero attached hydrogens (tertiary/aromatic N) is 2. The van der Waals surface area contributed by atoms with E-state index in [1.807, 2.05) is 0 Å². The Labute approximate surface area is 158 Å². The molecule has 0 fully saturated rings. The highest BCUT2D eigenvalue weighted by molar-refractivity contribution is 7.90. The number of nitro groups is 1. The molecule has 10 nitrogen and oxygen atoms in total. The number of aromatic nitrogens is 1. The van der Waals surface area contributed by atoms with E-state index >= 15 is 0 Å². The van der Waals surface area contributed by atoms with Crippen molar-refractivity contribution in [3.63, 3.8) is 0 Å². The Balaban J connectivity index is 2.07. The molecule has 0 aliphatic heterocycles. The molecule has 0 aliphatic carbocycles. The van der Waals surface area contributed by atoms with Crippen molar-refractivity contribution in [2.45, 2.75) is 4.90 Å². The van der Waals surface area contributed by atoms with Crippen LogP contribution in [0, 0.1) is 10.1 Å². The molecule has 1 N–H and O–H groups in total. The molecular formula is C15H12ClN3O7S. The zero-order valence-electron chi connectivity index (χ0n) is 13.7. The van der Waals surface area contributed by atoms with Gasteiger partial charge < -0.3 is 10.1 Å². The smallest absolute Gasteiger partial charge is 0.338 e. The van der Waals surface area contributed by atoms with Crippen LogP contribution in [0.25, 0.3) is 0 Å². The van der Waals surface area contributed by atoms with Crippen molar-refractivity contribution >= 4 is 44.8 Å². The Morgan fingerprint density at radius 1 is 1.30 bits per heavy atom. The third-order valence-electron chi connectivity index (χ3n) is 3.12. The molecule has 2 aromatic rings. The first-order chi connectivity index (χ1) is 12.6. The zero-order chi connectivity index (χ0) is 20.2. The summed E-state index contributed by atoms with van der Waals surface area (Å²) >= 11 is 5.66. The number of nitrogens with one attached hydrogen (secondary N) is 1. The first-order valence-corrected chi connectivity index (χ1v) is 9.42. The van der Waals surface area contributed by atoms with Gasteiger partial charge in [-0.05, 0) is 24.3 Å². The summed E-state index contributed by atoms with van der Waals surface area (Å²) < 4.78 is 27.9. The maximum absolute atomic E-state index is 12.0. The van der Waals surface area contributed by atoms with Crippen LogP contribution >= 0.6 is 11.6 Å². The lowest BCUT2D eigenvalue weighted by Gasteiger charge is -2.07. The van der Waals surface area contributed by atoms with Crippen molar-refractivity contribution in [3.05, 3.63) is 57.2 Å². The van der Waals surface area contributed by atoms with E-state index < -0.39 is 43.8 Å². The van der Waals surface area contributed by atoms with Crippen molar-refractivity contribution in [2.24, 2.45) is 0 Å². The molecule has 2 rings (SSSR count). The van der Waals surface area contributed by atoms with E-state index in [4.69, 9.17) is 16.3 Å². The van der Waals surface area contributed by atoms with Gasteiger partial charge in [0.25, 0.3) is 11.6 Å². The number of ether oxygens (including phenoxy) is 1. The van der Waals surface area contributed by atoms with Crippen molar-refractivity contribution < 1.29 is 27.7 Å². The lowest BCUT2D eigenvalue weighted by molar-refractivity contribution is -0.387. The van der Waals surface area contributed by atoms with Crippen molar-refractivity contribution in [1.82, 2.24) is 4.98 Å². The summed E-state index contributed by atoms with van der Waals surface area (Å²) in [5.74, 6) is -1.54. The fraction of sp³-hybridized carbons (Fsp3) is 0.133. The molecule has 1 amide bonds. The summed E-state index contributed by atoms with van der Waals surface area (Å²) in [6, 6.07) is 5.71. The van der Waals surface area contributed by atoms with Crippen LogP contribution in [0.5, 0.6) is 0 Å². The van der Waals surface area contributed by atoms with Crippen molar-refractivity contribution in [2.75, 3.05) is 18.2 Å². The third kappa shape index (κ3) is 5.46. The van der Waals surface area contributed by atoms with E-state index in [0.29, 0.717) is 5.02 Å². The number of anilines is 1. The fourth-order valence-corrected chi connectivity index (χ4v) is 2.88. The van der Waals surface area contributed by atoms with Gasteiger partial charge in [-0.15, -0.1) is 0 Å². The number of carbonyl (C=O) groups excluding carboxylic acids is 2. The van der Waals surface area contributed by atoms with Crippen LogP contribution in [-0.4, -0.2) is 43.1 Å². The highest BCUT2D eigenvalue weighted by atomic mass is 35.5. The van der Waals surface area contributed by atoms with Crippen LogP contribution in [0.3, 0.4) is 0 Å². The van der Waals surface area contributed by atoms with Gasteiger partial charge in [-0.3, -0.25) is 14.9 Å². The predicted octanol–water partition coefficient (Wildman–Crippen LogP) is 1.84. The second-order valence-electron chi connectivity index (χ2n) is 5.20. The van der Waals surface area contributed by atoms with Gasteiger partial charge in [-0.2, -0.15) is 0 Å². The number of benzene rings is 1. The van der Waals surface area contributed by atoms with Gasteiger partial charge in [-0.1, -0.05) is 11.6 Å². The van der Waals surface area contributed by atoms with E-state index in [1.54, 1.807) is 0 Å². The van der Waals surface area contributed by atoms with Gasteiger partial charge in [0.15, 0.2) is 16.4 Å². The zero-order valence-corrected chi connectivity index (χ0v) is 15.3. The van der Waals surface area contributed by atoms with E-state index in [-0.39, 0.29) is 11.4 Å². The molecule has 0 aliphatic rings. The summed E-state index contributed by atoms with van der Waals surface area (Å²) in [6.45, 7) is -0.676. The predicted molar refractivity (Wildman–Crippen MR) is 94.4 cm³/mol. The number of amides is 1. The van der Waals surface area contributed by atoms with Gasteiger partial charge in [0.05, 0.1) is 15.5 Å². The molecule has 0 unspecified atom stereocenters. The number of halogens is 1. The van der Waals surface area contributed by atoms with Crippen LogP contribution in [0.4, 0.5) is 11.5 Å². The summed E-state index contributed by atoms with van der Waals surface area (Å²) in [7, 11) is -3.86. The number of esters is 1. The summed E-state index contributed by atoms with van der Waals surface area (Å²) in [6.07, 6.45) is 2.12. The second kappa shape index (κ2) is 8.10. The van der Waals surface area contributed by atoms with Crippen LogP contribution in [0.2, 0.25) is 5.02 Å². The van der Waals surface area contributed by atoms with E-state index in [1.165, 1.54) is 18.3 Å². The Bertz CT molecular complexity index is 1010. The van der Waals surface area contributed by atoms with E-state index in [0.717, 1.165) is 24.5 Å². The van der Waals surface area contributed by atoms with Crippen molar-refractivity contribution in [1.29, 1.82) is 0 Å². The minimum Gasteiger partial charge on any atom is -0.452 e. The largest absolute Gasteiger partial charge is 0.452 e. The minimum absolute atomic E-state index is 0.189. The maximum atomic E-state index is 12.0. The maximum Gasteiger partial charge on any atom is 0.338 e. The molecule has 0 saturated heterocycles. The Kier molecular flexibility index (Phi) is 6.08. The monoisotopic (exact) mass is 413 g/mol. The SMILES string of the molecule is CS(=O)(=O)c1ccc(C(=O)OCC(=O)Nc2ccc(Cl)cn2)cc1[N+](=O)[O-]. The highest BCUT2D eigenvalue weighted by Gasteiger charge is 2.24. The number of rotatable bonds is 6. The quantitative estimate of drug-likeness (QED) is 0.428. The number of hydrogen-bond donors (Lipinski definition) is 1. The summed E-state index contributed by atoms with van der Waals surface area (Å²) in [4.78, 5) is 37.1. The molecule has 142 valence electrons. The lowest BCUT2D eigenvalue weighted by atomic mass is 10.2. The molecule has 0 spiro atoms. The molecular weight excluding hydrogens is 402 g/mol. The molecule has 0 bridgehead atoms. The Morgan fingerprint density at radius 3 is 2.56 bits per heavy atom. The normalized spacial score (nSPS) is 10.9. The Morgan fingerprint density at radius 2 is 2.00 bits per heavy atom.